The predicted octanol–water partition coefficient (Wildman–Crippen LogP) is 4.05. The number of hydrogen-bond donors (Lipinski definition) is 1. The molecule has 0 aliphatic heterocycles. The number of benzene rings is 2. The Kier molecular flexibility index (Phi) is 5.36. The van der Waals surface area contributed by atoms with Crippen molar-refractivity contribution >= 4 is 17.1 Å². The molecule has 0 heterocycles. The fourth-order valence-corrected chi connectivity index (χ4v) is 2.35. The summed E-state index contributed by atoms with van der Waals surface area (Å²) in [6.45, 7) is 6.89. The maximum Gasteiger partial charge on any atom is 0.271 e. The first-order chi connectivity index (χ1) is 10.6. The maximum atomic E-state index is 10.8. The Labute approximate surface area is 130 Å². The van der Waals surface area contributed by atoms with Crippen molar-refractivity contribution in [1.29, 1.82) is 0 Å². The highest BCUT2D eigenvalue weighted by Gasteiger charge is 2.05. The smallest absolute Gasteiger partial charge is 0.271 e. The number of non-ortho nitro benzene ring substituents is 1. The molecular formula is C17H21N3O2. The lowest BCUT2D eigenvalue weighted by Crippen LogP contribution is -2.21. The van der Waals surface area contributed by atoms with Crippen molar-refractivity contribution in [3.8, 4) is 0 Å². The molecule has 2 aromatic carbocycles. The van der Waals surface area contributed by atoms with Crippen molar-refractivity contribution in [2.24, 2.45) is 0 Å². The van der Waals surface area contributed by atoms with Gasteiger partial charge in [-0.05, 0) is 37.6 Å². The van der Waals surface area contributed by atoms with Crippen LogP contribution in [0.5, 0.6) is 0 Å². The summed E-state index contributed by atoms with van der Waals surface area (Å²) >= 11 is 0. The minimum atomic E-state index is -0.385. The Hall–Kier alpha value is -2.56. The number of nitro benzene ring substituents is 1. The Bertz CT molecular complexity index is 622. The van der Waals surface area contributed by atoms with Crippen LogP contribution in [0.2, 0.25) is 0 Å². The van der Waals surface area contributed by atoms with Crippen molar-refractivity contribution in [3.05, 3.63) is 64.2 Å². The van der Waals surface area contributed by atoms with Gasteiger partial charge in [-0.1, -0.05) is 18.2 Å². The fraction of sp³-hybridized carbons (Fsp3) is 0.294. The first kappa shape index (κ1) is 15.8. The highest BCUT2D eigenvalue weighted by atomic mass is 16.6. The van der Waals surface area contributed by atoms with Gasteiger partial charge in [0.25, 0.3) is 5.69 Å². The average Bonchev–Trinajstić information content (AvgIpc) is 2.55. The Morgan fingerprint density at radius 2 is 1.77 bits per heavy atom. The summed E-state index contributed by atoms with van der Waals surface area (Å²) in [5.74, 6) is 0. The topological polar surface area (TPSA) is 58.4 Å². The quantitative estimate of drug-likeness (QED) is 0.619. The maximum absolute atomic E-state index is 10.8. The van der Waals surface area contributed by atoms with E-state index in [0.29, 0.717) is 6.54 Å². The highest BCUT2D eigenvalue weighted by Crippen LogP contribution is 2.19. The van der Waals surface area contributed by atoms with E-state index in [9.17, 15) is 10.1 Å². The van der Waals surface area contributed by atoms with E-state index in [1.54, 1.807) is 12.1 Å². The van der Waals surface area contributed by atoms with E-state index >= 15 is 0 Å². The molecule has 22 heavy (non-hydrogen) atoms. The molecule has 0 radical (unpaired) electrons. The van der Waals surface area contributed by atoms with Crippen LogP contribution in [0.15, 0.2) is 48.5 Å². The van der Waals surface area contributed by atoms with Crippen LogP contribution in [0, 0.1) is 10.1 Å². The molecule has 2 aromatic rings. The average molecular weight is 299 g/mol. The Morgan fingerprint density at radius 1 is 1.09 bits per heavy atom. The first-order valence-corrected chi connectivity index (χ1v) is 7.46. The van der Waals surface area contributed by atoms with Gasteiger partial charge < -0.3 is 10.2 Å². The molecule has 0 unspecified atom stereocenters. The molecule has 0 aliphatic carbocycles. The zero-order valence-corrected chi connectivity index (χ0v) is 13.0. The molecule has 0 saturated heterocycles. The van der Waals surface area contributed by atoms with Gasteiger partial charge in [0.15, 0.2) is 0 Å². The van der Waals surface area contributed by atoms with E-state index in [-0.39, 0.29) is 10.6 Å². The zero-order valence-electron chi connectivity index (χ0n) is 13.0. The van der Waals surface area contributed by atoms with Gasteiger partial charge in [-0.15, -0.1) is 0 Å². The van der Waals surface area contributed by atoms with Gasteiger partial charge in [0, 0.05) is 43.1 Å². The van der Waals surface area contributed by atoms with E-state index < -0.39 is 0 Å². The lowest BCUT2D eigenvalue weighted by atomic mass is 10.2. The van der Waals surface area contributed by atoms with Crippen molar-refractivity contribution in [1.82, 2.24) is 0 Å². The summed E-state index contributed by atoms with van der Waals surface area (Å²) in [6, 6.07) is 14.9. The van der Waals surface area contributed by atoms with E-state index in [2.05, 4.69) is 48.3 Å². The van der Waals surface area contributed by atoms with Crippen molar-refractivity contribution < 1.29 is 4.92 Å². The molecule has 0 aromatic heterocycles. The predicted molar refractivity (Wildman–Crippen MR) is 90.4 cm³/mol. The number of nitrogens with one attached hydrogen (secondary N) is 1. The fourth-order valence-electron chi connectivity index (χ4n) is 2.35. The lowest BCUT2D eigenvalue weighted by molar-refractivity contribution is -0.384. The van der Waals surface area contributed by atoms with Gasteiger partial charge in [0.2, 0.25) is 0 Å². The van der Waals surface area contributed by atoms with Gasteiger partial charge in [0.1, 0.15) is 0 Å². The normalized spacial score (nSPS) is 10.3. The molecule has 116 valence electrons. The van der Waals surface area contributed by atoms with Crippen LogP contribution >= 0.6 is 0 Å². The van der Waals surface area contributed by atoms with Gasteiger partial charge in [-0.2, -0.15) is 0 Å². The van der Waals surface area contributed by atoms with Gasteiger partial charge in [-0.25, -0.2) is 0 Å². The largest absolute Gasteiger partial charge is 0.381 e. The van der Waals surface area contributed by atoms with Crippen LogP contribution in [0.25, 0.3) is 0 Å². The van der Waals surface area contributed by atoms with Crippen molar-refractivity contribution in [2.45, 2.75) is 20.4 Å². The third kappa shape index (κ3) is 3.97. The molecule has 0 spiro atoms. The van der Waals surface area contributed by atoms with Crippen LogP contribution in [-0.2, 0) is 6.54 Å². The lowest BCUT2D eigenvalue weighted by Gasteiger charge is -2.21. The molecule has 0 atom stereocenters. The Balaban J connectivity index is 2.00. The molecule has 0 amide bonds. The number of rotatable bonds is 7. The first-order valence-electron chi connectivity index (χ1n) is 7.46. The molecule has 0 fully saturated rings. The van der Waals surface area contributed by atoms with Crippen molar-refractivity contribution in [3.63, 3.8) is 0 Å². The van der Waals surface area contributed by atoms with Crippen LogP contribution < -0.4 is 10.2 Å². The summed E-state index contributed by atoms with van der Waals surface area (Å²) in [6.07, 6.45) is 0. The highest BCUT2D eigenvalue weighted by molar-refractivity contribution is 5.52. The minimum absolute atomic E-state index is 0.0990. The molecule has 0 aliphatic rings. The SMILES string of the molecule is CCN(CC)c1ccc(CNc2cccc([N+](=O)[O-])c2)cc1. The van der Waals surface area contributed by atoms with Crippen LogP contribution in [-0.4, -0.2) is 18.0 Å². The Morgan fingerprint density at radius 3 is 2.36 bits per heavy atom. The molecule has 0 saturated carbocycles. The zero-order chi connectivity index (χ0) is 15.9. The second kappa shape index (κ2) is 7.45. The van der Waals surface area contributed by atoms with Crippen LogP contribution in [0.1, 0.15) is 19.4 Å². The molecule has 5 heteroatoms. The summed E-state index contributed by atoms with van der Waals surface area (Å²) in [5.41, 5.74) is 3.20. The number of hydrogen-bond acceptors (Lipinski definition) is 4. The van der Waals surface area contributed by atoms with Gasteiger partial charge >= 0.3 is 0 Å². The third-order valence-electron chi connectivity index (χ3n) is 3.62. The van der Waals surface area contributed by atoms with Crippen LogP contribution in [0.4, 0.5) is 17.1 Å². The van der Waals surface area contributed by atoms with E-state index in [0.717, 1.165) is 24.3 Å². The van der Waals surface area contributed by atoms with Crippen LogP contribution in [0.3, 0.4) is 0 Å². The van der Waals surface area contributed by atoms with E-state index in [1.165, 1.54) is 11.8 Å². The molecular weight excluding hydrogens is 278 g/mol. The number of anilines is 2. The third-order valence-corrected chi connectivity index (χ3v) is 3.62. The summed E-state index contributed by atoms with van der Waals surface area (Å²) in [5, 5.41) is 14.0. The molecule has 1 N–H and O–H groups in total. The minimum Gasteiger partial charge on any atom is -0.381 e. The number of nitro groups is 1. The van der Waals surface area contributed by atoms with Gasteiger partial charge in [0.05, 0.1) is 4.92 Å². The van der Waals surface area contributed by atoms with E-state index in [4.69, 9.17) is 0 Å². The molecule has 5 nitrogen and oxygen atoms in total. The van der Waals surface area contributed by atoms with Gasteiger partial charge in [-0.3, -0.25) is 10.1 Å². The summed E-state index contributed by atoms with van der Waals surface area (Å²) < 4.78 is 0. The second-order valence-corrected chi connectivity index (χ2v) is 5.00. The van der Waals surface area contributed by atoms with E-state index in [1.807, 2.05) is 6.07 Å². The number of nitrogens with zero attached hydrogens (tertiary/aromatic N) is 2. The summed E-state index contributed by atoms with van der Waals surface area (Å²) in [4.78, 5) is 12.7. The monoisotopic (exact) mass is 299 g/mol. The summed E-state index contributed by atoms with van der Waals surface area (Å²) in [7, 11) is 0. The molecule has 2 rings (SSSR count). The second-order valence-electron chi connectivity index (χ2n) is 5.00. The van der Waals surface area contributed by atoms with Crippen molar-refractivity contribution in [2.75, 3.05) is 23.3 Å². The molecule has 0 bridgehead atoms. The standard InChI is InChI=1S/C17H21N3O2/c1-3-19(4-2)16-10-8-14(9-11-16)13-18-15-6-5-7-17(12-15)20(21)22/h5-12,18H,3-4,13H2,1-2H3.